The van der Waals surface area contributed by atoms with Gasteiger partial charge in [0.15, 0.2) is 11.4 Å². The van der Waals surface area contributed by atoms with E-state index < -0.39 is 0 Å². The smallest absolute Gasteiger partial charge is 0.330 e. The van der Waals surface area contributed by atoms with Crippen molar-refractivity contribution in [2.45, 2.75) is 6.42 Å². The zero-order valence-corrected chi connectivity index (χ0v) is 13.7. The lowest BCUT2D eigenvalue weighted by Crippen LogP contribution is -2.23. The molecule has 1 heterocycles. The third kappa shape index (κ3) is 4.18. The number of benzene rings is 2. The molecule has 23 heavy (non-hydrogen) atoms. The molecule has 0 spiro atoms. The summed E-state index contributed by atoms with van der Waals surface area (Å²) in [6.07, 6.45) is 0.842. The first-order valence-electron chi connectivity index (χ1n) is 7.00. The largest absolute Gasteiger partial charge is 0.354 e. The minimum atomic E-state index is -0.329. The number of para-hydroxylation sites is 1. The number of amides is 2. The summed E-state index contributed by atoms with van der Waals surface area (Å²) in [4.78, 5) is 11.9. The Balaban J connectivity index is 1.45. The molecule has 1 aromatic heterocycles. The van der Waals surface area contributed by atoms with Crippen LogP contribution in [0.25, 0.3) is 11.0 Å². The summed E-state index contributed by atoms with van der Waals surface area (Å²) in [7, 11) is 0. The molecule has 0 fully saturated rings. The molecule has 0 aliphatic carbocycles. The van der Waals surface area contributed by atoms with Gasteiger partial charge in [0.1, 0.15) is 0 Å². The highest BCUT2D eigenvalue weighted by atomic mass is 35.5. The summed E-state index contributed by atoms with van der Waals surface area (Å²) in [6, 6.07) is 14.7. The van der Waals surface area contributed by atoms with E-state index in [-0.39, 0.29) is 6.03 Å². The summed E-state index contributed by atoms with van der Waals surface area (Å²) >= 11 is 7.17. The van der Waals surface area contributed by atoms with Crippen LogP contribution < -0.4 is 10.0 Å². The van der Waals surface area contributed by atoms with Gasteiger partial charge in [-0.15, -0.1) is 0 Å². The Bertz CT molecular complexity index is 804. The second-order valence-electron chi connectivity index (χ2n) is 4.81. The molecular weight excluding hydrogens is 334 g/mol. The number of rotatable bonds is 5. The van der Waals surface area contributed by atoms with Crippen LogP contribution in [0.4, 0.5) is 10.6 Å². The fraction of sp³-hybridized carbons (Fsp3) is 0.125. The second-order valence-corrected chi connectivity index (χ2v) is 6.15. The minimum Gasteiger partial charge on any atom is -0.354 e. The normalized spacial score (nSPS) is 10.7. The molecule has 7 heteroatoms. The van der Waals surface area contributed by atoms with Crippen molar-refractivity contribution < 1.29 is 9.32 Å². The summed E-state index contributed by atoms with van der Waals surface area (Å²) in [5.74, 6) is 1.17. The Morgan fingerprint density at radius 2 is 1.96 bits per heavy atom. The van der Waals surface area contributed by atoms with Crippen molar-refractivity contribution in [3.05, 3.63) is 59.1 Å². The first-order chi connectivity index (χ1) is 11.2. The molecule has 3 aromatic rings. The highest BCUT2D eigenvalue weighted by Crippen LogP contribution is 2.21. The number of aryl methyl sites for hydroxylation is 1. The standard InChI is InChI=1S/C16H14ClN3O2S/c17-12-7-5-11(6-8-12)9-10-23-20-16(21)18-15-13-3-1-2-4-14(13)22-19-15/h1-8H,9-10H2,(H2,18,19,20,21). The van der Waals surface area contributed by atoms with Crippen molar-refractivity contribution in [2.24, 2.45) is 0 Å². The quantitative estimate of drug-likeness (QED) is 0.527. The first kappa shape index (κ1) is 15.7. The number of carbonyl (C=O) groups excluding carboxylic acids is 1. The molecule has 2 aromatic carbocycles. The van der Waals surface area contributed by atoms with Crippen molar-refractivity contribution in [3.8, 4) is 0 Å². The maximum absolute atomic E-state index is 11.9. The van der Waals surface area contributed by atoms with E-state index in [4.69, 9.17) is 16.1 Å². The van der Waals surface area contributed by atoms with Crippen LogP contribution in [-0.2, 0) is 6.42 Å². The van der Waals surface area contributed by atoms with Gasteiger partial charge in [0.2, 0.25) is 0 Å². The van der Waals surface area contributed by atoms with Crippen LogP contribution >= 0.6 is 23.5 Å². The molecule has 0 radical (unpaired) electrons. The SMILES string of the molecule is O=C(NSCCc1ccc(Cl)cc1)Nc1noc2ccccc12. The monoisotopic (exact) mass is 347 g/mol. The molecule has 2 N–H and O–H groups in total. The van der Waals surface area contributed by atoms with Gasteiger partial charge >= 0.3 is 6.03 Å². The van der Waals surface area contributed by atoms with Crippen LogP contribution in [0.5, 0.6) is 0 Å². The van der Waals surface area contributed by atoms with Crippen molar-refractivity contribution in [2.75, 3.05) is 11.1 Å². The number of hydrogen-bond donors (Lipinski definition) is 2. The first-order valence-corrected chi connectivity index (χ1v) is 8.36. The fourth-order valence-electron chi connectivity index (χ4n) is 2.05. The molecule has 0 bridgehead atoms. The lowest BCUT2D eigenvalue weighted by atomic mass is 10.2. The summed E-state index contributed by atoms with van der Waals surface area (Å²) < 4.78 is 7.86. The number of nitrogens with one attached hydrogen (secondary N) is 2. The Labute approximate surface area is 142 Å². The van der Waals surface area contributed by atoms with Gasteiger partial charge in [-0.1, -0.05) is 41.0 Å². The van der Waals surface area contributed by atoms with E-state index in [9.17, 15) is 4.79 Å². The molecule has 118 valence electrons. The maximum atomic E-state index is 11.9. The molecule has 0 saturated heterocycles. The topological polar surface area (TPSA) is 67.2 Å². The average molecular weight is 348 g/mol. The number of nitrogens with zero attached hydrogens (tertiary/aromatic N) is 1. The van der Waals surface area contributed by atoms with Crippen LogP contribution in [0.3, 0.4) is 0 Å². The van der Waals surface area contributed by atoms with E-state index in [1.165, 1.54) is 17.5 Å². The van der Waals surface area contributed by atoms with Crippen molar-refractivity contribution in [1.29, 1.82) is 0 Å². The summed E-state index contributed by atoms with van der Waals surface area (Å²) in [5.41, 5.74) is 1.81. The van der Waals surface area contributed by atoms with Gasteiger partial charge in [0.05, 0.1) is 5.39 Å². The summed E-state index contributed by atoms with van der Waals surface area (Å²) in [6.45, 7) is 0. The van der Waals surface area contributed by atoms with Crippen LogP contribution in [-0.4, -0.2) is 16.9 Å². The van der Waals surface area contributed by atoms with Gasteiger partial charge in [0.25, 0.3) is 0 Å². The molecule has 0 aliphatic heterocycles. The third-order valence-corrected chi connectivity index (χ3v) is 4.17. The molecule has 5 nitrogen and oxygen atoms in total. The maximum Gasteiger partial charge on any atom is 0.330 e. The minimum absolute atomic E-state index is 0.329. The zero-order chi connectivity index (χ0) is 16.1. The Morgan fingerprint density at radius 1 is 1.17 bits per heavy atom. The Kier molecular flexibility index (Phi) is 5.05. The highest BCUT2D eigenvalue weighted by Gasteiger charge is 2.10. The van der Waals surface area contributed by atoms with Crippen LogP contribution in [0.2, 0.25) is 5.02 Å². The Morgan fingerprint density at radius 3 is 2.78 bits per heavy atom. The number of urea groups is 1. The molecule has 0 saturated carbocycles. The molecule has 0 atom stereocenters. The number of fused-ring (bicyclic) bond motifs is 1. The predicted molar refractivity (Wildman–Crippen MR) is 93.8 cm³/mol. The van der Waals surface area contributed by atoms with E-state index in [1.807, 2.05) is 42.5 Å². The molecular formula is C16H14ClN3O2S. The third-order valence-electron chi connectivity index (χ3n) is 3.18. The molecule has 2 amide bonds. The van der Waals surface area contributed by atoms with Gasteiger partial charge in [-0.25, -0.2) is 4.79 Å². The molecule has 0 aliphatic rings. The number of carbonyl (C=O) groups is 1. The lowest BCUT2D eigenvalue weighted by Gasteiger charge is -2.05. The van der Waals surface area contributed by atoms with E-state index in [1.54, 1.807) is 6.07 Å². The van der Waals surface area contributed by atoms with Crippen molar-refractivity contribution in [3.63, 3.8) is 0 Å². The highest BCUT2D eigenvalue weighted by molar-refractivity contribution is 7.97. The lowest BCUT2D eigenvalue weighted by molar-refractivity contribution is 0.257. The van der Waals surface area contributed by atoms with Gasteiger partial charge in [-0.3, -0.25) is 10.0 Å². The number of hydrogen-bond acceptors (Lipinski definition) is 4. The number of halogens is 1. The van der Waals surface area contributed by atoms with Gasteiger partial charge in [-0.05, 0) is 48.2 Å². The second kappa shape index (κ2) is 7.39. The predicted octanol–water partition coefficient (Wildman–Crippen LogP) is 4.49. The number of aromatic nitrogens is 1. The van der Waals surface area contributed by atoms with E-state index in [0.29, 0.717) is 11.4 Å². The van der Waals surface area contributed by atoms with Crippen LogP contribution in [0, 0.1) is 0 Å². The van der Waals surface area contributed by atoms with Gasteiger partial charge < -0.3 is 4.52 Å². The van der Waals surface area contributed by atoms with Gasteiger partial charge in [0, 0.05) is 10.8 Å². The summed E-state index contributed by atoms with van der Waals surface area (Å²) in [5, 5.41) is 8.02. The fourth-order valence-corrected chi connectivity index (χ4v) is 2.79. The zero-order valence-electron chi connectivity index (χ0n) is 12.1. The van der Waals surface area contributed by atoms with Gasteiger partial charge in [-0.2, -0.15) is 0 Å². The van der Waals surface area contributed by atoms with E-state index >= 15 is 0 Å². The van der Waals surface area contributed by atoms with Crippen molar-refractivity contribution >= 4 is 46.4 Å². The van der Waals surface area contributed by atoms with E-state index in [0.717, 1.165) is 22.6 Å². The number of anilines is 1. The molecule has 3 rings (SSSR count). The van der Waals surface area contributed by atoms with Crippen molar-refractivity contribution in [1.82, 2.24) is 9.88 Å². The Hall–Kier alpha value is -2.18. The molecule has 0 unspecified atom stereocenters. The van der Waals surface area contributed by atoms with E-state index in [2.05, 4.69) is 15.2 Å². The van der Waals surface area contributed by atoms with Crippen LogP contribution in [0.15, 0.2) is 53.1 Å². The van der Waals surface area contributed by atoms with Crippen LogP contribution in [0.1, 0.15) is 5.56 Å². The average Bonchev–Trinajstić information content (AvgIpc) is 2.96.